The third-order valence-corrected chi connectivity index (χ3v) is 2.21. The maximum atomic E-state index is 3.27. The van der Waals surface area contributed by atoms with E-state index in [4.69, 9.17) is 0 Å². The molecule has 1 aromatic rings. The highest BCUT2D eigenvalue weighted by Crippen LogP contribution is 2.37. The zero-order valence-corrected chi connectivity index (χ0v) is 6.89. The van der Waals surface area contributed by atoms with Crippen LogP contribution in [0.25, 0.3) is 0 Å². The number of nitrogens with one attached hydrogen (secondary N) is 1. The molecule has 0 aromatic heterocycles. The Morgan fingerprint density at radius 3 is 2.64 bits per heavy atom. The monoisotopic (exact) mass is 146 g/mol. The van der Waals surface area contributed by atoms with E-state index in [1.807, 2.05) is 0 Å². The van der Waals surface area contributed by atoms with Gasteiger partial charge in [-0.15, -0.1) is 0 Å². The van der Waals surface area contributed by atoms with Gasteiger partial charge in [-0.05, 0) is 11.6 Å². The van der Waals surface area contributed by atoms with Crippen molar-refractivity contribution in [3.05, 3.63) is 36.4 Å². The van der Waals surface area contributed by atoms with Gasteiger partial charge in [-0.1, -0.05) is 32.0 Å². The Hall–Kier alpha value is -0.980. The zero-order valence-electron chi connectivity index (χ0n) is 6.89. The largest absolute Gasteiger partial charge is 0.379 e. The number of hydrogen-bond acceptors (Lipinski definition) is 1. The highest BCUT2D eigenvalue weighted by atomic mass is 14.9. The summed E-state index contributed by atoms with van der Waals surface area (Å²) in [6, 6.07) is 8.43. The van der Waals surface area contributed by atoms with Crippen molar-refractivity contribution in [1.82, 2.24) is 0 Å². The van der Waals surface area contributed by atoms with Crippen LogP contribution in [0.1, 0.15) is 19.4 Å². The fourth-order valence-electron chi connectivity index (χ4n) is 1.51. The molecular formula is C10H12N. The summed E-state index contributed by atoms with van der Waals surface area (Å²) >= 11 is 0. The average molecular weight is 146 g/mol. The van der Waals surface area contributed by atoms with Crippen molar-refractivity contribution in [2.24, 2.45) is 0 Å². The van der Waals surface area contributed by atoms with Gasteiger partial charge in [-0.25, -0.2) is 0 Å². The van der Waals surface area contributed by atoms with Crippen molar-refractivity contribution in [3.8, 4) is 0 Å². The molecule has 0 amide bonds. The average Bonchev–Trinajstić information content (AvgIpc) is 2.29. The molecule has 0 bridgehead atoms. The van der Waals surface area contributed by atoms with Gasteiger partial charge >= 0.3 is 0 Å². The van der Waals surface area contributed by atoms with Crippen LogP contribution >= 0.6 is 0 Å². The lowest BCUT2D eigenvalue weighted by molar-refractivity contribution is 0.647. The fourth-order valence-corrected chi connectivity index (χ4v) is 1.51. The Bertz CT molecular complexity index is 276. The SMILES string of the molecule is CC1(C)[CH]Nc2ccccc21. The highest BCUT2D eigenvalue weighted by molar-refractivity contribution is 5.62. The lowest BCUT2D eigenvalue weighted by Gasteiger charge is -2.15. The molecule has 11 heavy (non-hydrogen) atoms. The zero-order chi connectivity index (χ0) is 7.90. The summed E-state index contributed by atoms with van der Waals surface area (Å²) in [7, 11) is 0. The summed E-state index contributed by atoms with van der Waals surface area (Å²) in [5.41, 5.74) is 2.83. The minimum Gasteiger partial charge on any atom is -0.379 e. The Balaban J connectivity index is 2.56. The van der Waals surface area contributed by atoms with Crippen LogP contribution in [0.5, 0.6) is 0 Å². The first-order valence-corrected chi connectivity index (χ1v) is 3.90. The van der Waals surface area contributed by atoms with E-state index in [0.29, 0.717) is 0 Å². The van der Waals surface area contributed by atoms with E-state index in [0.717, 1.165) is 0 Å². The second-order valence-electron chi connectivity index (χ2n) is 3.56. The Kier molecular flexibility index (Phi) is 1.22. The minimum atomic E-state index is 0.191. The van der Waals surface area contributed by atoms with E-state index in [-0.39, 0.29) is 5.41 Å². The first kappa shape index (κ1) is 6.71. The van der Waals surface area contributed by atoms with Crippen molar-refractivity contribution in [2.75, 3.05) is 5.32 Å². The highest BCUT2D eigenvalue weighted by Gasteiger charge is 2.29. The van der Waals surface area contributed by atoms with Gasteiger partial charge in [0.2, 0.25) is 0 Å². The summed E-state index contributed by atoms with van der Waals surface area (Å²) in [4.78, 5) is 0. The topological polar surface area (TPSA) is 12.0 Å². The van der Waals surface area contributed by atoms with Crippen molar-refractivity contribution >= 4 is 5.69 Å². The molecule has 1 N–H and O–H groups in total. The number of hydrogen-bond donors (Lipinski definition) is 1. The maximum absolute atomic E-state index is 3.27. The number of para-hydroxylation sites is 1. The lowest BCUT2D eigenvalue weighted by Crippen LogP contribution is -2.13. The molecule has 1 nitrogen and oxygen atoms in total. The fraction of sp³-hybridized carbons (Fsp3) is 0.300. The molecule has 1 aliphatic heterocycles. The van der Waals surface area contributed by atoms with Crippen LogP contribution < -0.4 is 5.32 Å². The molecule has 2 rings (SSSR count). The van der Waals surface area contributed by atoms with E-state index >= 15 is 0 Å². The standard InChI is InChI=1S/C10H12N/c1-10(2)7-11-9-6-4-3-5-8(9)10/h3-7,11H,1-2H3. The molecule has 0 saturated carbocycles. The van der Waals surface area contributed by atoms with Gasteiger partial charge in [0, 0.05) is 11.1 Å². The summed E-state index contributed by atoms with van der Waals surface area (Å²) in [6.45, 7) is 6.56. The van der Waals surface area contributed by atoms with Crippen LogP contribution in [0.15, 0.2) is 24.3 Å². The Morgan fingerprint density at radius 1 is 1.18 bits per heavy atom. The number of fused-ring (bicyclic) bond motifs is 1. The second-order valence-corrected chi connectivity index (χ2v) is 3.56. The predicted molar refractivity (Wildman–Crippen MR) is 47.4 cm³/mol. The molecular weight excluding hydrogens is 134 g/mol. The normalized spacial score (nSPS) is 19.1. The van der Waals surface area contributed by atoms with Crippen LogP contribution in [0.4, 0.5) is 5.69 Å². The third kappa shape index (κ3) is 0.917. The summed E-state index contributed by atoms with van der Waals surface area (Å²) in [5.74, 6) is 0. The third-order valence-electron chi connectivity index (χ3n) is 2.21. The van der Waals surface area contributed by atoms with Gasteiger partial charge in [-0.3, -0.25) is 0 Å². The molecule has 1 aliphatic rings. The molecule has 1 heterocycles. The van der Waals surface area contributed by atoms with E-state index in [1.54, 1.807) is 0 Å². The Morgan fingerprint density at radius 2 is 1.91 bits per heavy atom. The van der Waals surface area contributed by atoms with Gasteiger partial charge in [0.25, 0.3) is 0 Å². The van der Waals surface area contributed by atoms with Gasteiger partial charge in [-0.2, -0.15) is 0 Å². The van der Waals surface area contributed by atoms with E-state index in [1.165, 1.54) is 11.3 Å². The van der Waals surface area contributed by atoms with Crippen LogP contribution in [-0.2, 0) is 5.41 Å². The lowest BCUT2D eigenvalue weighted by atomic mass is 9.87. The van der Waals surface area contributed by atoms with E-state index < -0.39 is 0 Å². The summed E-state index contributed by atoms with van der Waals surface area (Å²) in [6.07, 6.45) is 0. The number of benzene rings is 1. The van der Waals surface area contributed by atoms with Crippen LogP contribution in [0.2, 0.25) is 0 Å². The Labute approximate surface area is 67.4 Å². The van der Waals surface area contributed by atoms with E-state index in [9.17, 15) is 0 Å². The van der Waals surface area contributed by atoms with Crippen molar-refractivity contribution in [2.45, 2.75) is 19.3 Å². The first-order chi connectivity index (χ1) is 5.20. The molecule has 0 atom stereocenters. The van der Waals surface area contributed by atoms with Crippen molar-refractivity contribution < 1.29 is 0 Å². The summed E-state index contributed by atoms with van der Waals surface area (Å²) < 4.78 is 0. The smallest absolute Gasteiger partial charge is 0.0563 e. The molecule has 1 radical (unpaired) electrons. The van der Waals surface area contributed by atoms with Gasteiger partial charge in [0.05, 0.1) is 6.54 Å². The first-order valence-electron chi connectivity index (χ1n) is 3.90. The molecule has 0 aliphatic carbocycles. The molecule has 0 fully saturated rings. The number of anilines is 1. The van der Waals surface area contributed by atoms with Crippen LogP contribution in [-0.4, -0.2) is 0 Å². The molecule has 0 spiro atoms. The van der Waals surface area contributed by atoms with Gasteiger partial charge < -0.3 is 5.32 Å². The van der Waals surface area contributed by atoms with Gasteiger partial charge in [0.1, 0.15) is 0 Å². The second kappa shape index (κ2) is 2.00. The van der Waals surface area contributed by atoms with Crippen molar-refractivity contribution in [1.29, 1.82) is 0 Å². The summed E-state index contributed by atoms with van der Waals surface area (Å²) in [5, 5.41) is 3.27. The molecule has 1 aromatic carbocycles. The van der Waals surface area contributed by atoms with Crippen molar-refractivity contribution in [3.63, 3.8) is 0 Å². The van der Waals surface area contributed by atoms with Crippen LogP contribution in [0.3, 0.4) is 0 Å². The molecule has 0 unspecified atom stereocenters. The molecule has 0 saturated heterocycles. The predicted octanol–water partition coefficient (Wildman–Crippen LogP) is 2.55. The maximum Gasteiger partial charge on any atom is 0.0563 e. The minimum absolute atomic E-state index is 0.191. The van der Waals surface area contributed by atoms with Gasteiger partial charge in [0.15, 0.2) is 0 Å². The number of rotatable bonds is 0. The molecule has 1 heteroatoms. The molecule has 57 valence electrons. The quantitative estimate of drug-likeness (QED) is 0.593. The van der Waals surface area contributed by atoms with E-state index in [2.05, 4.69) is 50.0 Å². The van der Waals surface area contributed by atoms with Crippen LogP contribution in [0, 0.1) is 6.54 Å².